The molecule has 36 heavy (non-hydrogen) atoms. The Hall–Kier alpha value is -2.57. The Balaban J connectivity index is 0.00000176. The second kappa shape index (κ2) is 13.7. The molecule has 6 heteroatoms. The van der Waals surface area contributed by atoms with Crippen molar-refractivity contribution in [3.05, 3.63) is 48.0 Å². The van der Waals surface area contributed by atoms with Crippen LogP contribution in [0, 0.1) is 6.92 Å². The second-order valence-electron chi connectivity index (χ2n) is 9.69. The van der Waals surface area contributed by atoms with Gasteiger partial charge in [-0.3, -0.25) is 14.6 Å². The molecule has 4 rings (SSSR count). The van der Waals surface area contributed by atoms with Gasteiger partial charge in [-0.05, 0) is 50.1 Å². The van der Waals surface area contributed by atoms with Gasteiger partial charge >= 0.3 is 0 Å². The number of amides is 1. The summed E-state index contributed by atoms with van der Waals surface area (Å²) in [5, 5.41) is 0. The van der Waals surface area contributed by atoms with Crippen LogP contribution in [0.25, 0.3) is 11.1 Å². The number of hydrogen-bond acceptors (Lipinski definition) is 5. The molecule has 1 unspecified atom stereocenters. The number of ether oxygens (including phenoxy) is 1. The maximum absolute atomic E-state index is 12.9. The predicted octanol–water partition coefficient (Wildman–Crippen LogP) is 4.76. The Morgan fingerprint density at radius 3 is 2.14 bits per heavy atom. The average Bonchev–Trinajstić information content (AvgIpc) is 2.94. The minimum Gasteiger partial charge on any atom is -0.496 e. The fourth-order valence-corrected chi connectivity index (χ4v) is 5.02. The molecule has 2 saturated heterocycles. The lowest BCUT2D eigenvalue weighted by Gasteiger charge is -2.40. The van der Waals surface area contributed by atoms with Crippen molar-refractivity contribution in [1.29, 1.82) is 0 Å². The van der Waals surface area contributed by atoms with E-state index < -0.39 is 0 Å². The van der Waals surface area contributed by atoms with E-state index in [2.05, 4.69) is 76.8 Å². The van der Waals surface area contributed by atoms with Crippen LogP contribution in [0.2, 0.25) is 0 Å². The van der Waals surface area contributed by atoms with Crippen LogP contribution in [0.1, 0.15) is 39.7 Å². The zero-order valence-corrected chi connectivity index (χ0v) is 23.3. The molecule has 0 radical (unpaired) electrons. The highest BCUT2D eigenvalue weighted by Crippen LogP contribution is 2.32. The van der Waals surface area contributed by atoms with Crippen LogP contribution >= 0.6 is 0 Å². The zero-order valence-electron chi connectivity index (χ0n) is 23.3. The van der Waals surface area contributed by atoms with E-state index >= 15 is 0 Å². The summed E-state index contributed by atoms with van der Waals surface area (Å²) in [6.45, 7) is 18.6. The molecule has 1 amide bonds. The lowest BCUT2D eigenvalue weighted by molar-refractivity contribution is -0.134. The van der Waals surface area contributed by atoms with E-state index in [1.165, 1.54) is 23.2 Å². The summed E-state index contributed by atoms with van der Waals surface area (Å²) >= 11 is 0. The first kappa shape index (κ1) is 28.0. The van der Waals surface area contributed by atoms with Gasteiger partial charge in [-0.15, -0.1) is 0 Å². The van der Waals surface area contributed by atoms with Crippen LogP contribution in [0.3, 0.4) is 0 Å². The Labute approximate surface area is 218 Å². The summed E-state index contributed by atoms with van der Waals surface area (Å²) < 4.78 is 5.56. The standard InChI is InChI=1S/C28H40N4O2.C2H6/c1-5-23(3)30-16-18-32(19-17-30)28(33)21-29-12-14-31(15-13-29)25-9-7-24(8-10-25)26-20-22(2)6-11-27(26)34-4;1-2/h6-11,20,23H,5,12-19,21H2,1-4H3;1-2H3. The maximum atomic E-state index is 12.9. The quantitative estimate of drug-likeness (QED) is 0.555. The minimum absolute atomic E-state index is 0.286. The van der Waals surface area contributed by atoms with Crippen LogP contribution in [-0.2, 0) is 4.79 Å². The Bertz CT molecular complexity index is 946. The van der Waals surface area contributed by atoms with E-state index in [9.17, 15) is 4.79 Å². The van der Waals surface area contributed by atoms with Gasteiger partial charge in [-0.2, -0.15) is 0 Å². The molecule has 1 atom stereocenters. The normalized spacial score (nSPS) is 17.8. The van der Waals surface area contributed by atoms with Crippen molar-refractivity contribution in [2.75, 3.05) is 70.9 Å². The molecule has 2 aromatic carbocycles. The van der Waals surface area contributed by atoms with Gasteiger partial charge < -0.3 is 14.5 Å². The van der Waals surface area contributed by atoms with Gasteiger partial charge in [0, 0.05) is 69.7 Å². The van der Waals surface area contributed by atoms with Crippen LogP contribution < -0.4 is 9.64 Å². The molecular weight excluding hydrogens is 448 g/mol. The van der Waals surface area contributed by atoms with Gasteiger partial charge in [-0.25, -0.2) is 0 Å². The van der Waals surface area contributed by atoms with Crippen molar-refractivity contribution in [2.24, 2.45) is 0 Å². The predicted molar refractivity (Wildman–Crippen MR) is 151 cm³/mol. The SMILES string of the molecule is CC.CCC(C)N1CCN(C(=O)CN2CCN(c3ccc(-c4cc(C)ccc4OC)cc3)CC2)CC1. The van der Waals surface area contributed by atoms with Crippen molar-refractivity contribution in [1.82, 2.24) is 14.7 Å². The number of piperazine rings is 2. The Morgan fingerprint density at radius 2 is 1.56 bits per heavy atom. The molecule has 0 saturated carbocycles. The number of anilines is 1. The van der Waals surface area contributed by atoms with Gasteiger partial charge in [0.25, 0.3) is 0 Å². The highest BCUT2D eigenvalue weighted by atomic mass is 16.5. The van der Waals surface area contributed by atoms with Gasteiger partial charge in [0.1, 0.15) is 5.75 Å². The first-order valence-corrected chi connectivity index (χ1v) is 13.7. The Morgan fingerprint density at radius 1 is 0.917 bits per heavy atom. The number of rotatable bonds is 7. The van der Waals surface area contributed by atoms with Gasteiger partial charge in [0.2, 0.25) is 5.91 Å². The van der Waals surface area contributed by atoms with E-state index in [0.717, 1.165) is 63.7 Å². The number of carbonyl (C=O) groups is 1. The monoisotopic (exact) mass is 494 g/mol. The molecule has 2 heterocycles. The van der Waals surface area contributed by atoms with Crippen LogP contribution in [0.15, 0.2) is 42.5 Å². The number of methoxy groups -OCH3 is 1. The van der Waals surface area contributed by atoms with Crippen molar-refractivity contribution < 1.29 is 9.53 Å². The first-order chi connectivity index (χ1) is 17.5. The Kier molecular flexibility index (Phi) is 10.6. The molecule has 198 valence electrons. The summed E-state index contributed by atoms with van der Waals surface area (Å²) in [5.41, 5.74) is 4.76. The zero-order chi connectivity index (χ0) is 26.1. The molecular formula is C30H46N4O2. The largest absolute Gasteiger partial charge is 0.496 e. The summed E-state index contributed by atoms with van der Waals surface area (Å²) in [6, 6.07) is 15.7. The van der Waals surface area contributed by atoms with Crippen LogP contribution in [0.5, 0.6) is 5.75 Å². The summed E-state index contributed by atoms with van der Waals surface area (Å²) in [6.07, 6.45) is 1.17. The summed E-state index contributed by atoms with van der Waals surface area (Å²) in [5.74, 6) is 1.19. The third-order valence-electron chi connectivity index (χ3n) is 7.51. The summed E-state index contributed by atoms with van der Waals surface area (Å²) in [7, 11) is 1.72. The molecule has 2 fully saturated rings. The number of nitrogens with zero attached hydrogens (tertiary/aromatic N) is 4. The van der Waals surface area contributed by atoms with Gasteiger partial charge in [-0.1, -0.05) is 44.5 Å². The lowest BCUT2D eigenvalue weighted by Crippen LogP contribution is -2.55. The highest BCUT2D eigenvalue weighted by molar-refractivity contribution is 5.78. The van der Waals surface area contributed by atoms with Crippen molar-refractivity contribution in [3.8, 4) is 16.9 Å². The number of hydrogen-bond donors (Lipinski definition) is 0. The minimum atomic E-state index is 0.286. The van der Waals surface area contributed by atoms with Gasteiger partial charge in [0.15, 0.2) is 0 Å². The first-order valence-electron chi connectivity index (χ1n) is 13.7. The number of aryl methyl sites for hydroxylation is 1. The number of carbonyl (C=O) groups excluding carboxylic acids is 1. The highest BCUT2D eigenvalue weighted by Gasteiger charge is 2.26. The van der Waals surface area contributed by atoms with Crippen molar-refractivity contribution in [3.63, 3.8) is 0 Å². The molecule has 0 aliphatic carbocycles. The second-order valence-corrected chi connectivity index (χ2v) is 9.69. The fourth-order valence-electron chi connectivity index (χ4n) is 5.02. The van der Waals surface area contributed by atoms with Crippen molar-refractivity contribution in [2.45, 2.75) is 47.1 Å². The molecule has 2 aliphatic rings. The lowest BCUT2D eigenvalue weighted by atomic mass is 10.0. The van der Waals surface area contributed by atoms with E-state index in [4.69, 9.17) is 4.74 Å². The smallest absolute Gasteiger partial charge is 0.236 e. The topological polar surface area (TPSA) is 39.3 Å². The molecule has 6 nitrogen and oxygen atoms in total. The third-order valence-corrected chi connectivity index (χ3v) is 7.51. The van der Waals surface area contributed by atoms with Crippen LogP contribution in [-0.4, -0.2) is 92.7 Å². The maximum Gasteiger partial charge on any atom is 0.236 e. The van der Waals surface area contributed by atoms with Crippen LogP contribution in [0.4, 0.5) is 5.69 Å². The van der Waals surface area contributed by atoms with E-state index in [1.54, 1.807) is 7.11 Å². The van der Waals surface area contributed by atoms with E-state index in [1.807, 2.05) is 19.9 Å². The molecule has 2 aliphatic heterocycles. The number of benzene rings is 2. The third kappa shape index (κ3) is 7.01. The molecule has 0 bridgehead atoms. The summed E-state index contributed by atoms with van der Waals surface area (Å²) in [4.78, 5) is 22.1. The fraction of sp³-hybridized carbons (Fsp3) is 0.567. The van der Waals surface area contributed by atoms with Gasteiger partial charge in [0.05, 0.1) is 13.7 Å². The molecule has 0 spiro atoms. The van der Waals surface area contributed by atoms with Crippen molar-refractivity contribution >= 4 is 11.6 Å². The van der Waals surface area contributed by atoms with E-state index in [-0.39, 0.29) is 5.91 Å². The van der Waals surface area contributed by atoms with E-state index in [0.29, 0.717) is 12.6 Å². The molecule has 2 aromatic rings. The molecule has 0 aromatic heterocycles. The molecule has 0 N–H and O–H groups in total. The average molecular weight is 495 g/mol.